The van der Waals surface area contributed by atoms with Gasteiger partial charge in [-0.3, -0.25) is 0 Å². The van der Waals surface area contributed by atoms with Crippen molar-refractivity contribution < 1.29 is 0 Å². The zero-order chi connectivity index (χ0) is 12.1. The molecule has 1 nitrogen and oxygen atoms in total. The Labute approximate surface area is 108 Å². The van der Waals surface area contributed by atoms with E-state index in [0.29, 0.717) is 0 Å². The molecule has 0 aliphatic heterocycles. The molecule has 1 aromatic heterocycles. The normalized spacial score (nSPS) is 10.7. The molecule has 0 amide bonds. The van der Waals surface area contributed by atoms with Crippen molar-refractivity contribution in [2.75, 3.05) is 0 Å². The number of nitrogens with one attached hydrogen (secondary N) is 1. The van der Waals surface area contributed by atoms with E-state index >= 15 is 0 Å². The molecule has 0 fully saturated rings. The average molecular weight is 245 g/mol. The Balaban J connectivity index is 1.83. The van der Waals surface area contributed by atoms with Crippen LogP contribution in [-0.2, 0) is 19.5 Å². The van der Waals surface area contributed by atoms with Crippen LogP contribution in [0, 0.1) is 6.92 Å². The minimum absolute atomic E-state index is 0.944. The van der Waals surface area contributed by atoms with Gasteiger partial charge in [-0.2, -0.15) is 11.3 Å². The first-order valence-corrected chi connectivity index (χ1v) is 7.04. The number of benzene rings is 1. The summed E-state index contributed by atoms with van der Waals surface area (Å²) < 4.78 is 0. The van der Waals surface area contributed by atoms with Gasteiger partial charge in [-0.1, -0.05) is 31.2 Å². The van der Waals surface area contributed by atoms with Gasteiger partial charge in [0, 0.05) is 13.1 Å². The molecule has 2 heteroatoms. The molecule has 0 unspecified atom stereocenters. The summed E-state index contributed by atoms with van der Waals surface area (Å²) in [6.45, 7) is 6.26. The second-order valence-corrected chi connectivity index (χ2v) is 5.10. The summed E-state index contributed by atoms with van der Waals surface area (Å²) in [6.07, 6.45) is 1.11. The van der Waals surface area contributed by atoms with E-state index in [9.17, 15) is 0 Å². The van der Waals surface area contributed by atoms with Crippen LogP contribution in [0.25, 0.3) is 0 Å². The molecule has 17 heavy (non-hydrogen) atoms. The molecule has 2 rings (SSSR count). The summed E-state index contributed by atoms with van der Waals surface area (Å²) in [7, 11) is 0. The lowest BCUT2D eigenvalue weighted by Crippen LogP contribution is -2.12. The van der Waals surface area contributed by atoms with E-state index in [1.54, 1.807) is 11.3 Å². The molecule has 90 valence electrons. The summed E-state index contributed by atoms with van der Waals surface area (Å²) in [5.74, 6) is 0. The number of aryl methyl sites for hydroxylation is 2. The standard InChI is InChI=1S/C15H19NS/c1-3-13-4-6-14(7-5-13)8-16-9-15-11-17-10-12(15)2/h4-7,10-11,16H,3,8-9H2,1-2H3. The lowest BCUT2D eigenvalue weighted by Gasteiger charge is -2.05. The highest BCUT2D eigenvalue weighted by Gasteiger charge is 1.98. The molecule has 2 aromatic rings. The van der Waals surface area contributed by atoms with Crippen LogP contribution >= 0.6 is 11.3 Å². The molecule has 0 aliphatic rings. The Bertz CT molecular complexity index is 456. The van der Waals surface area contributed by atoms with E-state index < -0.39 is 0 Å². The van der Waals surface area contributed by atoms with Crippen molar-refractivity contribution in [3.05, 3.63) is 57.3 Å². The first kappa shape index (κ1) is 12.3. The highest BCUT2D eigenvalue weighted by Crippen LogP contribution is 2.13. The predicted octanol–water partition coefficient (Wildman–Crippen LogP) is 3.91. The van der Waals surface area contributed by atoms with Crippen molar-refractivity contribution in [2.45, 2.75) is 33.4 Å². The van der Waals surface area contributed by atoms with Gasteiger partial charge >= 0.3 is 0 Å². The van der Waals surface area contributed by atoms with Gasteiger partial charge in [-0.25, -0.2) is 0 Å². The van der Waals surface area contributed by atoms with Crippen molar-refractivity contribution >= 4 is 11.3 Å². The third-order valence-electron chi connectivity index (χ3n) is 3.04. The van der Waals surface area contributed by atoms with E-state index in [1.807, 2.05) is 0 Å². The minimum Gasteiger partial charge on any atom is -0.309 e. The molecule has 0 saturated heterocycles. The van der Waals surface area contributed by atoms with Crippen molar-refractivity contribution in [2.24, 2.45) is 0 Å². The van der Waals surface area contributed by atoms with Gasteiger partial charge < -0.3 is 5.32 Å². The number of rotatable bonds is 5. The van der Waals surface area contributed by atoms with Gasteiger partial charge in [0.05, 0.1) is 0 Å². The third-order valence-corrected chi connectivity index (χ3v) is 3.95. The largest absolute Gasteiger partial charge is 0.309 e. The second kappa shape index (κ2) is 5.99. The highest BCUT2D eigenvalue weighted by atomic mass is 32.1. The van der Waals surface area contributed by atoms with Crippen molar-refractivity contribution in [1.82, 2.24) is 5.32 Å². The lowest BCUT2D eigenvalue weighted by molar-refractivity contribution is 0.692. The van der Waals surface area contributed by atoms with Crippen LogP contribution in [0.4, 0.5) is 0 Å². The van der Waals surface area contributed by atoms with Gasteiger partial charge in [-0.05, 0) is 46.4 Å². The number of hydrogen-bond donors (Lipinski definition) is 1. The topological polar surface area (TPSA) is 12.0 Å². The predicted molar refractivity (Wildman–Crippen MR) is 75.4 cm³/mol. The molecular formula is C15H19NS. The van der Waals surface area contributed by atoms with Crippen LogP contribution in [0.1, 0.15) is 29.2 Å². The van der Waals surface area contributed by atoms with E-state index in [0.717, 1.165) is 19.5 Å². The van der Waals surface area contributed by atoms with Crippen LogP contribution in [0.15, 0.2) is 35.0 Å². The van der Waals surface area contributed by atoms with Gasteiger partial charge in [0.25, 0.3) is 0 Å². The quantitative estimate of drug-likeness (QED) is 0.842. The Morgan fingerprint density at radius 3 is 2.29 bits per heavy atom. The maximum absolute atomic E-state index is 3.49. The maximum Gasteiger partial charge on any atom is 0.0219 e. The van der Waals surface area contributed by atoms with E-state index in [2.05, 4.69) is 54.2 Å². The molecule has 0 atom stereocenters. The Morgan fingerprint density at radius 1 is 1.00 bits per heavy atom. The van der Waals surface area contributed by atoms with Crippen LogP contribution < -0.4 is 5.32 Å². The molecule has 0 spiro atoms. The van der Waals surface area contributed by atoms with Gasteiger partial charge in [0.2, 0.25) is 0 Å². The van der Waals surface area contributed by atoms with Gasteiger partial charge in [-0.15, -0.1) is 0 Å². The van der Waals surface area contributed by atoms with Crippen LogP contribution in [0.2, 0.25) is 0 Å². The average Bonchev–Trinajstić information content (AvgIpc) is 2.76. The first-order valence-electron chi connectivity index (χ1n) is 6.09. The third kappa shape index (κ3) is 3.42. The monoisotopic (exact) mass is 245 g/mol. The molecular weight excluding hydrogens is 226 g/mol. The van der Waals surface area contributed by atoms with Gasteiger partial charge in [0.15, 0.2) is 0 Å². The van der Waals surface area contributed by atoms with Crippen LogP contribution in [-0.4, -0.2) is 0 Å². The molecule has 1 N–H and O–H groups in total. The summed E-state index contributed by atoms with van der Waals surface area (Å²) >= 11 is 1.78. The summed E-state index contributed by atoms with van der Waals surface area (Å²) in [5.41, 5.74) is 5.57. The Kier molecular flexibility index (Phi) is 4.35. The fourth-order valence-corrected chi connectivity index (χ4v) is 2.66. The van der Waals surface area contributed by atoms with E-state index in [1.165, 1.54) is 22.3 Å². The van der Waals surface area contributed by atoms with E-state index in [-0.39, 0.29) is 0 Å². The van der Waals surface area contributed by atoms with Crippen LogP contribution in [0.5, 0.6) is 0 Å². The summed E-state index contributed by atoms with van der Waals surface area (Å²) in [5, 5.41) is 7.92. The molecule has 1 aromatic carbocycles. The molecule has 0 radical (unpaired) electrons. The Morgan fingerprint density at radius 2 is 1.71 bits per heavy atom. The summed E-state index contributed by atoms with van der Waals surface area (Å²) in [6, 6.07) is 8.86. The molecule has 0 saturated carbocycles. The lowest BCUT2D eigenvalue weighted by atomic mass is 10.1. The molecule has 1 heterocycles. The molecule has 0 bridgehead atoms. The van der Waals surface area contributed by atoms with Crippen molar-refractivity contribution in [1.29, 1.82) is 0 Å². The second-order valence-electron chi connectivity index (χ2n) is 4.35. The zero-order valence-electron chi connectivity index (χ0n) is 10.5. The maximum atomic E-state index is 3.49. The Hall–Kier alpha value is -1.12. The minimum atomic E-state index is 0.944. The van der Waals surface area contributed by atoms with Crippen molar-refractivity contribution in [3.63, 3.8) is 0 Å². The van der Waals surface area contributed by atoms with Gasteiger partial charge in [0.1, 0.15) is 0 Å². The van der Waals surface area contributed by atoms with Crippen LogP contribution in [0.3, 0.4) is 0 Å². The highest BCUT2D eigenvalue weighted by molar-refractivity contribution is 7.08. The number of thiophene rings is 1. The SMILES string of the molecule is CCc1ccc(CNCc2cscc2C)cc1. The van der Waals surface area contributed by atoms with E-state index in [4.69, 9.17) is 0 Å². The summed E-state index contributed by atoms with van der Waals surface area (Å²) in [4.78, 5) is 0. The number of hydrogen-bond acceptors (Lipinski definition) is 2. The van der Waals surface area contributed by atoms with Crippen molar-refractivity contribution in [3.8, 4) is 0 Å². The fraction of sp³-hybridized carbons (Fsp3) is 0.333. The zero-order valence-corrected chi connectivity index (χ0v) is 11.3. The fourth-order valence-electron chi connectivity index (χ4n) is 1.80. The smallest absolute Gasteiger partial charge is 0.0219 e. The first-order chi connectivity index (χ1) is 8.29. The molecule has 0 aliphatic carbocycles.